The zero-order valence-corrected chi connectivity index (χ0v) is 14.7. The first-order chi connectivity index (χ1) is 9.81. The summed E-state index contributed by atoms with van der Waals surface area (Å²) in [6.45, 7) is 5.88. The first-order valence-corrected chi connectivity index (χ1v) is 7.74. The Morgan fingerprint density at radius 2 is 2.10 bits per heavy atom. The number of benzene rings is 1. The molecule has 0 radical (unpaired) electrons. The maximum Gasteiger partial charge on any atom is 0.253 e. The van der Waals surface area contributed by atoms with Gasteiger partial charge in [0, 0.05) is 22.8 Å². The van der Waals surface area contributed by atoms with Gasteiger partial charge in [0.25, 0.3) is 5.91 Å². The first-order valence-electron chi connectivity index (χ1n) is 6.57. The maximum absolute atomic E-state index is 12.4. The maximum atomic E-state index is 12.4. The van der Waals surface area contributed by atoms with Crippen molar-refractivity contribution >= 4 is 33.4 Å². The van der Waals surface area contributed by atoms with Gasteiger partial charge in [0.1, 0.15) is 0 Å². The van der Waals surface area contributed by atoms with Crippen molar-refractivity contribution in [2.24, 2.45) is 7.05 Å². The van der Waals surface area contributed by atoms with Crippen LogP contribution < -0.4 is 5.32 Å². The predicted octanol–water partition coefficient (Wildman–Crippen LogP) is 3.94. The molecule has 1 unspecified atom stereocenters. The Bertz CT molecular complexity index is 696. The highest BCUT2D eigenvalue weighted by atomic mass is 79.9. The molecule has 112 valence electrons. The summed E-state index contributed by atoms with van der Waals surface area (Å²) in [7, 11) is 1.89. The van der Waals surface area contributed by atoms with Crippen molar-refractivity contribution in [1.29, 1.82) is 0 Å². The van der Waals surface area contributed by atoms with E-state index >= 15 is 0 Å². The van der Waals surface area contributed by atoms with Crippen molar-refractivity contribution in [2.45, 2.75) is 26.8 Å². The number of aryl methyl sites for hydroxylation is 2. The third-order valence-corrected chi connectivity index (χ3v) is 4.34. The van der Waals surface area contributed by atoms with Gasteiger partial charge >= 0.3 is 0 Å². The van der Waals surface area contributed by atoms with Gasteiger partial charge in [0.2, 0.25) is 0 Å². The molecule has 0 aliphatic heterocycles. The minimum Gasteiger partial charge on any atom is -0.345 e. The second-order valence-electron chi connectivity index (χ2n) is 5.03. The molecule has 6 heteroatoms. The van der Waals surface area contributed by atoms with E-state index in [4.69, 9.17) is 11.6 Å². The van der Waals surface area contributed by atoms with Gasteiger partial charge in [-0.3, -0.25) is 9.48 Å². The lowest BCUT2D eigenvalue weighted by molar-refractivity contribution is 0.0940. The minimum absolute atomic E-state index is 0.138. The molecular formula is C15H17BrClN3O. The topological polar surface area (TPSA) is 46.9 Å². The quantitative estimate of drug-likeness (QED) is 0.889. The highest BCUT2D eigenvalue weighted by Crippen LogP contribution is 2.24. The molecule has 0 saturated carbocycles. The van der Waals surface area contributed by atoms with E-state index in [0.717, 1.165) is 21.4 Å². The fourth-order valence-corrected chi connectivity index (χ4v) is 3.00. The summed E-state index contributed by atoms with van der Waals surface area (Å²) < 4.78 is 2.64. The average molecular weight is 371 g/mol. The highest BCUT2D eigenvalue weighted by molar-refractivity contribution is 9.10. The molecule has 4 nitrogen and oxygen atoms in total. The summed E-state index contributed by atoms with van der Waals surface area (Å²) in [6, 6.07) is 5.08. The Morgan fingerprint density at radius 1 is 1.43 bits per heavy atom. The number of rotatable bonds is 3. The third-order valence-electron chi connectivity index (χ3n) is 3.52. The lowest BCUT2D eigenvalue weighted by atomic mass is 10.1. The fourth-order valence-electron chi connectivity index (χ4n) is 2.43. The van der Waals surface area contributed by atoms with Crippen LogP contribution >= 0.6 is 27.5 Å². The van der Waals surface area contributed by atoms with Gasteiger partial charge in [-0.2, -0.15) is 5.10 Å². The van der Waals surface area contributed by atoms with Crippen LogP contribution in [0, 0.1) is 13.8 Å². The van der Waals surface area contributed by atoms with Crippen LogP contribution in [0.1, 0.15) is 40.3 Å². The Hall–Kier alpha value is -1.33. The van der Waals surface area contributed by atoms with Crippen LogP contribution in [-0.2, 0) is 7.05 Å². The van der Waals surface area contributed by atoms with Crippen molar-refractivity contribution in [3.05, 3.63) is 50.2 Å². The van der Waals surface area contributed by atoms with Crippen LogP contribution in [0.5, 0.6) is 0 Å². The van der Waals surface area contributed by atoms with E-state index in [0.29, 0.717) is 10.6 Å². The summed E-state index contributed by atoms with van der Waals surface area (Å²) in [5, 5.41) is 7.79. The summed E-state index contributed by atoms with van der Waals surface area (Å²) in [5.41, 5.74) is 3.46. The molecule has 21 heavy (non-hydrogen) atoms. The third kappa shape index (κ3) is 3.30. The number of nitrogens with one attached hydrogen (secondary N) is 1. The van der Waals surface area contributed by atoms with E-state index in [1.807, 2.05) is 32.5 Å². The monoisotopic (exact) mass is 369 g/mol. The molecule has 1 aromatic carbocycles. The second kappa shape index (κ2) is 6.20. The van der Waals surface area contributed by atoms with E-state index < -0.39 is 0 Å². The second-order valence-corrected chi connectivity index (χ2v) is 6.35. The average Bonchev–Trinajstić information content (AvgIpc) is 2.66. The van der Waals surface area contributed by atoms with Crippen molar-refractivity contribution < 1.29 is 4.79 Å². The van der Waals surface area contributed by atoms with E-state index in [9.17, 15) is 4.79 Å². The minimum atomic E-state index is -0.198. The van der Waals surface area contributed by atoms with Gasteiger partial charge in [-0.1, -0.05) is 27.5 Å². The van der Waals surface area contributed by atoms with Crippen molar-refractivity contribution in [1.82, 2.24) is 15.1 Å². The lowest BCUT2D eigenvalue weighted by Crippen LogP contribution is -2.27. The molecule has 0 bridgehead atoms. The lowest BCUT2D eigenvalue weighted by Gasteiger charge is -2.15. The largest absolute Gasteiger partial charge is 0.345 e. The van der Waals surface area contributed by atoms with Crippen LogP contribution in [0.4, 0.5) is 0 Å². The number of carbonyl (C=O) groups is 1. The Kier molecular flexibility index (Phi) is 4.74. The number of hydrogen-bond donors (Lipinski definition) is 1. The Labute approximate surface area is 137 Å². The molecule has 1 N–H and O–H groups in total. The zero-order valence-electron chi connectivity index (χ0n) is 12.4. The molecule has 1 amide bonds. The molecule has 0 saturated heterocycles. The fraction of sp³-hybridized carbons (Fsp3) is 0.333. The van der Waals surface area contributed by atoms with Crippen molar-refractivity contribution in [3.63, 3.8) is 0 Å². The molecule has 0 fully saturated rings. The zero-order chi connectivity index (χ0) is 15.7. The smallest absolute Gasteiger partial charge is 0.253 e. The standard InChI is InChI=1S/C15H17BrClN3O/c1-8(14-9(2)19-20(4)10(14)3)18-15(21)12-7-11(16)5-6-13(12)17/h5-8H,1-4H3,(H,18,21). The van der Waals surface area contributed by atoms with Gasteiger partial charge in [0.05, 0.1) is 22.3 Å². The summed E-state index contributed by atoms with van der Waals surface area (Å²) in [4.78, 5) is 12.4. The van der Waals surface area contributed by atoms with Crippen LogP contribution in [0.3, 0.4) is 0 Å². The van der Waals surface area contributed by atoms with Gasteiger partial charge in [-0.05, 0) is 39.0 Å². The number of amides is 1. The number of hydrogen-bond acceptors (Lipinski definition) is 2. The van der Waals surface area contributed by atoms with Crippen molar-refractivity contribution in [2.75, 3.05) is 0 Å². The number of halogens is 2. The van der Waals surface area contributed by atoms with Gasteiger partial charge < -0.3 is 5.32 Å². The van der Waals surface area contributed by atoms with E-state index in [1.54, 1.807) is 18.2 Å². The van der Waals surface area contributed by atoms with Crippen LogP contribution in [0.2, 0.25) is 5.02 Å². The van der Waals surface area contributed by atoms with Crippen LogP contribution in [0.25, 0.3) is 0 Å². The van der Waals surface area contributed by atoms with Gasteiger partial charge in [-0.25, -0.2) is 0 Å². The van der Waals surface area contributed by atoms with Crippen molar-refractivity contribution in [3.8, 4) is 0 Å². The molecular weight excluding hydrogens is 354 g/mol. The molecule has 1 atom stereocenters. The van der Waals surface area contributed by atoms with Crippen LogP contribution in [-0.4, -0.2) is 15.7 Å². The molecule has 2 rings (SSSR count). The summed E-state index contributed by atoms with van der Waals surface area (Å²) >= 11 is 9.44. The SMILES string of the molecule is Cc1nn(C)c(C)c1C(C)NC(=O)c1cc(Br)ccc1Cl. The molecule has 1 aromatic heterocycles. The number of nitrogens with zero attached hydrogens (tertiary/aromatic N) is 2. The van der Waals surface area contributed by atoms with E-state index in [1.165, 1.54) is 0 Å². The Morgan fingerprint density at radius 3 is 2.67 bits per heavy atom. The van der Waals surface area contributed by atoms with Crippen LogP contribution in [0.15, 0.2) is 22.7 Å². The highest BCUT2D eigenvalue weighted by Gasteiger charge is 2.20. The molecule has 0 aliphatic rings. The van der Waals surface area contributed by atoms with E-state index in [-0.39, 0.29) is 11.9 Å². The van der Waals surface area contributed by atoms with Gasteiger partial charge in [-0.15, -0.1) is 0 Å². The molecule has 2 aromatic rings. The molecule has 1 heterocycles. The predicted molar refractivity (Wildman–Crippen MR) is 87.7 cm³/mol. The van der Waals surface area contributed by atoms with E-state index in [2.05, 4.69) is 26.3 Å². The molecule has 0 spiro atoms. The molecule has 0 aliphatic carbocycles. The number of carbonyl (C=O) groups excluding carboxylic acids is 1. The summed E-state index contributed by atoms with van der Waals surface area (Å²) in [6.07, 6.45) is 0. The van der Waals surface area contributed by atoms with Gasteiger partial charge in [0.15, 0.2) is 0 Å². The summed E-state index contributed by atoms with van der Waals surface area (Å²) in [5.74, 6) is -0.198. The normalized spacial score (nSPS) is 12.3. The first kappa shape index (κ1) is 16.0. The number of aromatic nitrogens is 2. The Balaban J connectivity index is 2.25.